The van der Waals surface area contributed by atoms with Gasteiger partial charge in [0, 0.05) is 50.1 Å². The van der Waals surface area contributed by atoms with E-state index < -0.39 is 0 Å². The highest BCUT2D eigenvalue weighted by atomic mass is 15.2. The van der Waals surface area contributed by atoms with E-state index in [9.17, 15) is 0 Å². The smallest absolute Gasteiger partial charge is 0.164 e. The van der Waals surface area contributed by atoms with Crippen LogP contribution in [0.25, 0.3) is 73.1 Å². The summed E-state index contributed by atoms with van der Waals surface area (Å²) in [7, 11) is 0. The lowest BCUT2D eigenvalue weighted by Crippen LogP contribution is -2.11. The number of aromatic nitrogens is 4. The van der Waals surface area contributed by atoms with Crippen molar-refractivity contribution >= 4 is 28.0 Å². The Bertz CT molecular complexity index is 2660. The summed E-state index contributed by atoms with van der Waals surface area (Å²) >= 11 is 0. The van der Waals surface area contributed by atoms with Crippen LogP contribution < -0.4 is 4.90 Å². The van der Waals surface area contributed by atoms with E-state index in [4.69, 9.17) is 15.0 Å². The van der Waals surface area contributed by atoms with Gasteiger partial charge in [0.1, 0.15) is 0 Å². The summed E-state index contributed by atoms with van der Waals surface area (Å²) in [5, 5.41) is 1.12. The summed E-state index contributed by atoms with van der Waals surface area (Å²) in [6.45, 7) is 0. The van der Waals surface area contributed by atoms with E-state index >= 15 is 0 Å². The van der Waals surface area contributed by atoms with Crippen LogP contribution in [-0.2, 0) is 0 Å². The summed E-state index contributed by atoms with van der Waals surface area (Å²) < 4.78 is 2.41. The molecule has 0 bridgehead atoms. The van der Waals surface area contributed by atoms with E-state index in [0.29, 0.717) is 17.5 Å². The molecule has 1 aliphatic heterocycles. The quantitative estimate of drug-likeness (QED) is 0.184. The lowest BCUT2D eigenvalue weighted by atomic mass is 9.97. The fraction of sp³-hybridized carbons (Fsp3) is 0. The molecule has 0 saturated heterocycles. The lowest BCUT2D eigenvalue weighted by Gasteiger charge is -2.27. The fourth-order valence-corrected chi connectivity index (χ4v) is 7.47. The van der Waals surface area contributed by atoms with E-state index in [-0.39, 0.29) is 0 Å². The summed E-state index contributed by atoms with van der Waals surface area (Å²) in [6, 6.07) is 65.7. The van der Waals surface area contributed by atoms with Crippen molar-refractivity contribution in [3.63, 3.8) is 0 Å². The number of hydrogen-bond donors (Lipinski definition) is 0. The molecule has 0 saturated carbocycles. The standard InChI is InChI=1S/C47H31N5/c1-5-17-32(18-6-1)45-48-46(33-19-7-2-8-20-33)50-47(49-45)34-29-30-42-39(31-34)43-37-25-13-15-27-40(37)51(35-21-9-3-10-22-35)41-28-16-14-26-38(41)44(43)52(42)36-23-11-4-12-24-36/h1-31H. The van der Waals surface area contributed by atoms with E-state index in [2.05, 4.69) is 137 Å². The van der Waals surface area contributed by atoms with Crippen molar-refractivity contribution in [1.29, 1.82) is 0 Å². The van der Waals surface area contributed by atoms with Crippen LogP contribution in [0.15, 0.2) is 188 Å². The fourth-order valence-electron chi connectivity index (χ4n) is 7.47. The maximum atomic E-state index is 5.10. The average Bonchev–Trinajstić information content (AvgIpc) is 3.50. The topological polar surface area (TPSA) is 46.8 Å². The molecule has 2 aromatic heterocycles. The first-order valence-electron chi connectivity index (χ1n) is 17.5. The Hall–Kier alpha value is -7.11. The number of benzene rings is 7. The van der Waals surface area contributed by atoms with Crippen LogP contribution >= 0.6 is 0 Å². The number of nitrogens with zero attached hydrogens (tertiary/aromatic N) is 5. The summed E-state index contributed by atoms with van der Waals surface area (Å²) in [5.74, 6) is 1.91. The maximum Gasteiger partial charge on any atom is 0.164 e. The third-order valence-corrected chi connectivity index (χ3v) is 9.77. The van der Waals surface area contributed by atoms with Crippen molar-refractivity contribution in [3.8, 4) is 62.2 Å². The van der Waals surface area contributed by atoms with Gasteiger partial charge in [-0.25, -0.2) is 15.0 Å². The summed E-state index contributed by atoms with van der Waals surface area (Å²) in [5.41, 5.74) is 13.0. The third kappa shape index (κ3) is 4.90. The van der Waals surface area contributed by atoms with Gasteiger partial charge in [0.2, 0.25) is 0 Å². The summed E-state index contributed by atoms with van der Waals surface area (Å²) in [4.78, 5) is 17.5. The van der Waals surface area contributed by atoms with E-state index in [1.165, 1.54) is 5.56 Å². The first-order chi connectivity index (χ1) is 25.8. The molecule has 7 aromatic carbocycles. The number of rotatable bonds is 5. The molecule has 5 nitrogen and oxygen atoms in total. The van der Waals surface area contributed by atoms with Crippen LogP contribution in [0.2, 0.25) is 0 Å². The molecule has 1 aliphatic rings. The SMILES string of the molecule is c1ccc(-c2nc(-c3ccccc3)nc(-c3ccc4c(c3)c3c(n4-c4ccccc4)-c4ccccc4N(c4ccccc4)c4ccccc4-3)n2)cc1. The zero-order valence-corrected chi connectivity index (χ0v) is 28.1. The molecular formula is C47H31N5. The normalized spacial score (nSPS) is 11.8. The molecule has 52 heavy (non-hydrogen) atoms. The van der Waals surface area contributed by atoms with E-state index in [0.717, 1.165) is 67.2 Å². The van der Waals surface area contributed by atoms with Crippen molar-refractivity contribution < 1.29 is 0 Å². The first-order valence-corrected chi connectivity index (χ1v) is 17.5. The Morgan fingerprint density at radius 3 is 1.42 bits per heavy atom. The van der Waals surface area contributed by atoms with Crippen LogP contribution in [0.4, 0.5) is 17.1 Å². The van der Waals surface area contributed by atoms with Crippen LogP contribution in [0.1, 0.15) is 0 Å². The molecule has 244 valence electrons. The highest BCUT2D eigenvalue weighted by molar-refractivity contribution is 6.13. The zero-order chi connectivity index (χ0) is 34.4. The van der Waals surface area contributed by atoms with Crippen LogP contribution in [-0.4, -0.2) is 19.5 Å². The van der Waals surface area contributed by atoms with Crippen molar-refractivity contribution in [1.82, 2.24) is 19.5 Å². The van der Waals surface area contributed by atoms with Gasteiger partial charge in [-0.1, -0.05) is 133 Å². The monoisotopic (exact) mass is 665 g/mol. The number of anilines is 3. The van der Waals surface area contributed by atoms with Gasteiger partial charge in [0.15, 0.2) is 17.5 Å². The second kappa shape index (κ2) is 12.3. The predicted octanol–water partition coefficient (Wildman–Crippen LogP) is 11.9. The molecule has 9 aromatic rings. The minimum Gasteiger partial charge on any atom is -0.309 e. The van der Waals surface area contributed by atoms with Crippen molar-refractivity contribution in [2.75, 3.05) is 4.90 Å². The summed E-state index contributed by atoms with van der Waals surface area (Å²) in [6.07, 6.45) is 0. The molecule has 0 amide bonds. The zero-order valence-electron chi connectivity index (χ0n) is 28.1. The third-order valence-electron chi connectivity index (χ3n) is 9.77. The van der Waals surface area contributed by atoms with Gasteiger partial charge in [-0.05, 0) is 54.6 Å². The highest BCUT2D eigenvalue weighted by Gasteiger charge is 2.31. The van der Waals surface area contributed by atoms with E-state index in [1.807, 2.05) is 60.7 Å². The van der Waals surface area contributed by atoms with Crippen LogP contribution in [0.5, 0.6) is 0 Å². The van der Waals surface area contributed by atoms with Gasteiger partial charge in [0.25, 0.3) is 0 Å². The minimum absolute atomic E-state index is 0.629. The van der Waals surface area contributed by atoms with Crippen molar-refractivity contribution in [2.24, 2.45) is 0 Å². The van der Waals surface area contributed by atoms with Crippen molar-refractivity contribution in [3.05, 3.63) is 188 Å². The predicted molar refractivity (Wildman–Crippen MR) is 212 cm³/mol. The van der Waals surface area contributed by atoms with E-state index in [1.54, 1.807) is 0 Å². The molecule has 0 N–H and O–H groups in total. The molecule has 10 rings (SSSR count). The number of hydrogen-bond acceptors (Lipinski definition) is 4. The van der Waals surface area contributed by atoms with Crippen LogP contribution in [0.3, 0.4) is 0 Å². The molecule has 0 aliphatic carbocycles. The lowest BCUT2D eigenvalue weighted by molar-refractivity contribution is 1.07. The molecule has 0 unspecified atom stereocenters. The number of para-hydroxylation sites is 4. The van der Waals surface area contributed by atoms with Gasteiger partial charge < -0.3 is 9.47 Å². The van der Waals surface area contributed by atoms with Gasteiger partial charge >= 0.3 is 0 Å². The molecule has 0 spiro atoms. The number of fused-ring (bicyclic) bond motifs is 7. The molecule has 3 heterocycles. The Labute approximate surface area is 301 Å². The molecule has 0 radical (unpaired) electrons. The second-order valence-electron chi connectivity index (χ2n) is 12.9. The molecule has 0 fully saturated rings. The first kappa shape index (κ1) is 29.8. The van der Waals surface area contributed by atoms with Crippen LogP contribution in [0, 0.1) is 0 Å². The van der Waals surface area contributed by atoms with Gasteiger partial charge in [-0.2, -0.15) is 0 Å². The Kier molecular flexibility index (Phi) is 7.07. The van der Waals surface area contributed by atoms with Gasteiger partial charge in [-0.3, -0.25) is 0 Å². The molecule has 5 heteroatoms. The van der Waals surface area contributed by atoms with Crippen molar-refractivity contribution in [2.45, 2.75) is 0 Å². The largest absolute Gasteiger partial charge is 0.309 e. The Morgan fingerprint density at radius 2 is 0.827 bits per heavy atom. The molecule has 0 atom stereocenters. The average molecular weight is 666 g/mol. The second-order valence-corrected chi connectivity index (χ2v) is 12.9. The van der Waals surface area contributed by atoms with Gasteiger partial charge in [0.05, 0.1) is 22.6 Å². The van der Waals surface area contributed by atoms with Gasteiger partial charge in [-0.15, -0.1) is 0 Å². The maximum absolute atomic E-state index is 5.10. The highest BCUT2D eigenvalue weighted by Crippen LogP contribution is 2.54. The minimum atomic E-state index is 0.629. The molecular weight excluding hydrogens is 635 g/mol. The Balaban J connectivity index is 1.29. The Morgan fingerprint density at radius 1 is 0.365 bits per heavy atom.